The lowest BCUT2D eigenvalue weighted by atomic mass is 10.1. The van der Waals surface area contributed by atoms with Crippen LogP contribution in [0, 0.1) is 0 Å². The first kappa shape index (κ1) is 49.4. The van der Waals surface area contributed by atoms with E-state index in [1.807, 2.05) is 33.3 Å². The fraction of sp³-hybridized carbons (Fsp3) is 0.605. The van der Waals surface area contributed by atoms with Gasteiger partial charge in [-0.15, -0.1) is 0 Å². The molecule has 8 nitrogen and oxygen atoms in total. The van der Waals surface area contributed by atoms with E-state index in [-0.39, 0.29) is 25.5 Å². The molecule has 0 rings (SSSR count). The number of nitrogens with one attached hydrogen (secondary N) is 1. The largest absolute Gasteiger partial charge is 0.472 e. The smallest absolute Gasteiger partial charge is 0.387 e. The van der Waals surface area contributed by atoms with Crippen molar-refractivity contribution in [3.63, 3.8) is 0 Å². The summed E-state index contributed by atoms with van der Waals surface area (Å²) in [6.45, 7) is 4.53. The van der Waals surface area contributed by atoms with Crippen molar-refractivity contribution >= 4 is 13.7 Å². The quantitative estimate of drug-likeness (QED) is 0.0267. The zero-order valence-electron chi connectivity index (χ0n) is 33.2. The van der Waals surface area contributed by atoms with Crippen LogP contribution in [0.1, 0.15) is 117 Å². The molecule has 0 aliphatic rings. The van der Waals surface area contributed by atoms with Crippen molar-refractivity contribution in [2.75, 3.05) is 40.9 Å². The second-order valence-electron chi connectivity index (χ2n) is 13.9. The van der Waals surface area contributed by atoms with Crippen LogP contribution in [0.3, 0.4) is 0 Å². The molecule has 3 atom stereocenters. The Labute approximate surface area is 318 Å². The number of likely N-dealkylation sites (N-methyl/N-ethyl adjacent to an activating group) is 1. The fourth-order valence-electron chi connectivity index (χ4n) is 4.67. The third-order valence-corrected chi connectivity index (χ3v) is 8.78. The van der Waals surface area contributed by atoms with E-state index in [9.17, 15) is 19.4 Å². The summed E-state index contributed by atoms with van der Waals surface area (Å²) in [5.41, 5.74) is 0. The van der Waals surface area contributed by atoms with Gasteiger partial charge in [0.15, 0.2) is 0 Å². The lowest BCUT2D eigenvalue weighted by molar-refractivity contribution is -0.870. The van der Waals surface area contributed by atoms with Crippen molar-refractivity contribution in [2.24, 2.45) is 0 Å². The molecular weight excluding hydrogens is 671 g/mol. The molecule has 296 valence electrons. The van der Waals surface area contributed by atoms with Gasteiger partial charge >= 0.3 is 7.82 Å². The average molecular weight is 746 g/mol. The second-order valence-corrected chi connectivity index (χ2v) is 15.4. The second kappa shape index (κ2) is 34.2. The van der Waals surface area contributed by atoms with Crippen LogP contribution in [0.2, 0.25) is 0 Å². The summed E-state index contributed by atoms with van der Waals surface area (Å²) < 4.78 is 23.4. The third kappa shape index (κ3) is 35.8. The van der Waals surface area contributed by atoms with Gasteiger partial charge in [0.2, 0.25) is 5.91 Å². The molecule has 0 aromatic heterocycles. The summed E-state index contributed by atoms with van der Waals surface area (Å²) in [4.78, 5) is 22.9. The summed E-state index contributed by atoms with van der Waals surface area (Å²) in [6, 6.07) is -0.928. The van der Waals surface area contributed by atoms with Crippen molar-refractivity contribution in [3.05, 3.63) is 97.2 Å². The number of phosphoric acid groups is 1. The SMILES string of the molecule is CC/C=C\C/C=C\C/C=C\C/C=C\C/C=C\CC(=O)NC(COP(=O)(O)OCC[N+](C)(C)C)C(O)/C=C/CC/C=C/CC/C=C/CCCCCCC. The third-order valence-electron chi connectivity index (χ3n) is 7.79. The molecule has 9 heteroatoms. The summed E-state index contributed by atoms with van der Waals surface area (Å²) in [5, 5.41) is 13.6. The molecule has 0 bridgehead atoms. The van der Waals surface area contributed by atoms with Gasteiger partial charge in [0.05, 0.1) is 39.9 Å². The van der Waals surface area contributed by atoms with Crippen molar-refractivity contribution in [3.8, 4) is 0 Å². The number of carbonyl (C=O) groups is 1. The molecule has 0 radical (unpaired) electrons. The maximum Gasteiger partial charge on any atom is 0.472 e. The number of aliphatic hydroxyl groups excluding tert-OH is 1. The van der Waals surface area contributed by atoms with Gasteiger partial charge in [0.1, 0.15) is 13.2 Å². The highest BCUT2D eigenvalue weighted by atomic mass is 31.2. The zero-order chi connectivity index (χ0) is 38.6. The number of allylic oxidation sites excluding steroid dienone is 14. The Morgan fingerprint density at radius 3 is 1.71 bits per heavy atom. The van der Waals surface area contributed by atoms with Gasteiger partial charge in [-0.05, 0) is 70.6 Å². The van der Waals surface area contributed by atoms with Crippen LogP contribution in [0.25, 0.3) is 0 Å². The molecule has 0 aromatic carbocycles. The Kier molecular flexibility index (Phi) is 32.5. The highest BCUT2D eigenvalue weighted by molar-refractivity contribution is 7.47. The van der Waals surface area contributed by atoms with Crippen molar-refractivity contribution in [1.82, 2.24) is 5.32 Å². The Balaban J connectivity index is 4.79. The highest BCUT2D eigenvalue weighted by Gasteiger charge is 2.27. The number of hydrogen-bond acceptors (Lipinski definition) is 5. The van der Waals surface area contributed by atoms with Gasteiger partial charge in [0.25, 0.3) is 0 Å². The fourth-order valence-corrected chi connectivity index (χ4v) is 5.40. The van der Waals surface area contributed by atoms with Crippen LogP contribution in [-0.2, 0) is 18.4 Å². The lowest BCUT2D eigenvalue weighted by Gasteiger charge is -2.25. The van der Waals surface area contributed by atoms with E-state index in [1.165, 1.54) is 32.1 Å². The topological polar surface area (TPSA) is 105 Å². The first-order valence-corrected chi connectivity index (χ1v) is 21.1. The average Bonchev–Trinajstić information content (AvgIpc) is 3.09. The molecule has 0 spiro atoms. The standard InChI is InChI=1S/C43H73N2O6P/c1-6-8-10-12-14-16-18-20-22-24-26-28-30-32-34-36-42(46)41(40-51-52(48,49)50-39-38-45(3,4)5)44-43(47)37-35-33-31-29-27-25-23-21-19-17-15-13-11-9-7-2/h9,11,15,17-18,20-21,23,26-29,33-36,41-42,46H,6-8,10,12-14,16,19,22,24-25,30-32,37-40H2,1-5H3,(H-,44,47,48,49)/p+1/b11-9-,17-15-,20-18+,23-21-,28-26+,29-27-,35-33-,36-34+. The Morgan fingerprint density at radius 2 is 1.17 bits per heavy atom. The van der Waals surface area contributed by atoms with E-state index in [0.29, 0.717) is 17.4 Å². The molecule has 3 unspecified atom stereocenters. The Hall–Kier alpha value is -2.58. The van der Waals surface area contributed by atoms with E-state index in [1.54, 1.807) is 12.2 Å². The Bertz CT molecular complexity index is 1160. The molecule has 0 aliphatic carbocycles. The molecule has 52 heavy (non-hydrogen) atoms. The molecular formula is C43H74N2O6P+. The number of rotatable bonds is 33. The van der Waals surface area contributed by atoms with Gasteiger partial charge in [0, 0.05) is 6.42 Å². The van der Waals surface area contributed by atoms with Crippen molar-refractivity contribution < 1.29 is 32.9 Å². The lowest BCUT2D eigenvalue weighted by Crippen LogP contribution is -2.45. The molecule has 0 saturated heterocycles. The van der Waals surface area contributed by atoms with E-state index < -0.39 is 20.0 Å². The number of quaternary nitrogens is 1. The number of phosphoric ester groups is 1. The predicted octanol–water partition coefficient (Wildman–Crippen LogP) is 10.4. The first-order chi connectivity index (χ1) is 25.0. The maximum atomic E-state index is 12.7. The number of amides is 1. The van der Waals surface area contributed by atoms with Gasteiger partial charge in [-0.3, -0.25) is 13.8 Å². The summed E-state index contributed by atoms with van der Waals surface area (Å²) in [7, 11) is 1.47. The van der Waals surface area contributed by atoms with Crippen LogP contribution >= 0.6 is 7.82 Å². The minimum Gasteiger partial charge on any atom is -0.387 e. The first-order valence-electron chi connectivity index (χ1n) is 19.6. The van der Waals surface area contributed by atoms with E-state index in [2.05, 4.69) is 92.1 Å². The monoisotopic (exact) mass is 746 g/mol. The highest BCUT2D eigenvalue weighted by Crippen LogP contribution is 2.43. The molecule has 0 saturated carbocycles. The van der Waals surface area contributed by atoms with E-state index in [0.717, 1.165) is 57.8 Å². The molecule has 0 fully saturated rings. The van der Waals surface area contributed by atoms with Crippen LogP contribution in [-0.4, -0.2) is 73.4 Å². The number of carbonyl (C=O) groups excluding carboxylic acids is 1. The van der Waals surface area contributed by atoms with Crippen molar-refractivity contribution in [2.45, 2.75) is 129 Å². The minimum atomic E-state index is -4.37. The molecule has 3 N–H and O–H groups in total. The van der Waals surface area contributed by atoms with Crippen molar-refractivity contribution in [1.29, 1.82) is 0 Å². The van der Waals surface area contributed by atoms with Gasteiger partial charge in [-0.25, -0.2) is 4.57 Å². The zero-order valence-corrected chi connectivity index (χ0v) is 34.1. The number of nitrogens with zero attached hydrogens (tertiary/aromatic N) is 1. The van der Waals surface area contributed by atoms with Crippen LogP contribution < -0.4 is 5.32 Å². The maximum absolute atomic E-state index is 12.7. The summed E-state index contributed by atoms with van der Waals surface area (Å²) >= 11 is 0. The minimum absolute atomic E-state index is 0.0315. The number of aliphatic hydroxyl groups is 1. The molecule has 0 aromatic rings. The van der Waals surface area contributed by atoms with Gasteiger partial charge in [-0.2, -0.15) is 0 Å². The van der Waals surface area contributed by atoms with Crippen LogP contribution in [0.15, 0.2) is 97.2 Å². The molecule has 1 amide bonds. The summed E-state index contributed by atoms with van der Waals surface area (Å²) in [5.74, 6) is -0.324. The van der Waals surface area contributed by atoms with Gasteiger partial charge in [-0.1, -0.05) is 137 Å². The molecule has 0 aliphatic heterocycles. The summed E-state index contributed by atoms with van der Waals surface area (Å²) in [6.07, 6.45) is 47.9. The van der Waals surface area contributed by atoms with E-state index in [4.69, 9.17) is 9.05 Å². The number of hydrogen-bond donors (Lipinski definition) is 3. The number of unbranched alkanes of at least 4 members (excludes halogenated alkanes) is 7. The van der Waals surface area contributed by atoms with E-state index >= 15 is 0 Å². The molecule has 0 heterocycles. The Morgan fingerprint density at radius 1 is 0.673 bits per heavy atom. The van der Waals surface area contributed by atoms with Crippen LogP contribution in [0.5, 0.6) is 0 Å². The van der Waals surface area contributed by atoms with Gasteiger partial charge < -0.3 is 19.8 Å². The normalized spacial score (nSPS) is 15.6. The predicted molar refractivity (Wildman–Crippen MR) is 221 cm³/mol. The van der Waals surface area contributed by atoms with Crippen LogP contribution in [0.4, 0.5) is 0 Å².